The third-order valence-electron chi connectivity index (χ3n) is 3.15. The molecule has 1 aromatic heterocycles. The lowest BCUT2D eigenvalue weighted by atomic mass is 10.0. The van der Waals surface area contributed by atoms with Crippen molar-refractivity contribution in [1.29, 1.82) is 0 Å². The maximum atomic E-state index is 11.9. The second kappa shape index (κ2) is 6.37. The molecule has 1 aromatic carbocycles. The van der Waals surface area contributed by atoms with E-state index >= 15 is 0 Å². The number of furan rings is 1. The summed E-state index contributed by atoms with van der Waals surface area (Å²) in [6, 6.07) is 9.96. The van der Waals surface area contributed by atoms with Gasteiger partial charge in [0.05, 0.1) is 6.54 Å². The number of urea groups is 1. The van der Waals surface area contributed by atoms with Crippen LogP contribution in [-0.4, -0.2) is 17.7 Å². The summed E-state index contributed by atoms with van der Waals surface area (Å²) < 4.78 is 5.39. The molecule has 2 aromatic rings. The third-order valence-corrected chi connectivity index (χ3v) is 3.15. The van der Waals surface area contributed by atoms with E-state index in [9.17, 15) is 9.90 Å². The monoisotopic (exact) mass is 298 g/mol. The number of hydrogen-bond acceptors (Lipinski definition) is 3. The Bertz CT molecular complexity index is 711. The quantitative estimate of drug-likeness (QED) is 0.760. The van der Waals surface area contributed by atoms with Crippen LogP contribution in [0.3, 0.4) is 0 Å². The summed E-state index contributed by atoms with van der Waals surface area (Å²) in [7, 11) is 0. The largest absolute Gasteiger partial charge is 0.463 e. The van der Waals surface area contributed by atoms with Crippen LogP contribution in [0.5, 0.6) is 0 Å². The Balaban J connectivity index is 1.93. The molecule has 0 saturated heterocycles. The molecular weight excluding hydrogens is 280 g/mol. The first-order chi connectivity index (χ1) is 10.4. The first kappa shape index (κ1) is 15.7. The Morgan fingerprint density at radius 3 is 2.82 bits per heavy atom. The summed E-state index contributed by atoms with van der Waals surface area (Å²) in [5.74, 6) is 3.60. The van der Waals surface area contributed by atoms with E-state index in [0.717, 1.165) is 0 Å². The molecule has 1 unspecified atom stereocenters. The fourth-order valence-corrected chi connectivity index (χ4v) is 1.93. The summed E-state index contributed by atoms with van der Waals surface area (Å²) in [6.45, 7) is 3.38. The molecule has 0 aliphatic heterocycles. The average molecular weight is 298 g/mol. The van der Waals surface area contributed by atoms with Crippen molar-refractivity contribution in [1.82, 2.24) is 5.32 Å². The van der Waals surface area contributed by atoms with Crippen molar-refractivity contribution >= 4 is 11.7 Å². The molecule has 3 N–H and O–H groups in total. The van der Waals surface area contributed by atoms with Crippen LogP contribution in [0, 0.1) is 19.3 Å². The predicted octanol–water partition coefficient (Wildman–Crippen LogP) is 2.60. The number of aliphatic hydroxyl groups is 1. The van der Waals surface area contributed by atoms with Crippen LogP contribution >= 0.6 is 0 Å². The van der Waals surface area contributed by atoms with Crippen LogP contribution in [0.4, 0.5) is 10.5 Å². The number of benzene rings is 1. The lowest BCUT2D eigenvalue weighted by Gasteiger charge is -2.21. The summed E-state index contributed by atoms with van der Waals surface area (Å²) >= 11 is 0. The fraction of sp³-hybridized carbons (Fsp3) is 0.235. The second-order valence-electron chi connectivity index (χ2n) is 5.22. The van der Waals surface area contributed by atoms with Gasteiger partial charge in [-0.1, -0.05) is 12.0 Å². The van der Waals surface area contributed by atoms with Crippen LogP contribution in [0.15, 0.2) is 40.8 Å². The molecule has 0 spiro atoms. The number of nitrogens with one attached hydrogen (secondary N) is 2. The molecule has 5 heteroatoms. The van der Waals surface area contributed by atoms with E-state index < -0.39 is 11.6 Å². The van der Waals surface area contributed by atoms with Crippen molar-refractivity contribution in [3.8, 4) is 12.3 Å². The fourth-order valence-electron chi connectivity index (χ4n) is 1.93. The molecule has 1 atom stereocenters. The number of hydrogen-bond donors (Lipinski definition) is 3. The van der Waals surface area contributed by atoms with E-state index in [1.807, 2.05) is 0 Å². The van der Waals surface area contributed by atoms with E-state index in [-0.39, 0.29) is 6.54 Å². The Labute approximate surface area is 129 Å². The van der Waals surface area contributed by atoms with E-state index in [4.69, 9.17) is 10.8 Å². The maximum Gasteiger partial charge on any atom is 0.319 e. The van der Waals surface area contributed by atoms with Crippen molar-refractivity contribution in [2.45, 2.75) is 19.4 Å². The van der Waals surface area contributed by atoms with Gasteiger partial charge in [0.1, 0.15) is 17.1 Å². The highest BCUT2D eigenvalue weighted by Crippen LogP contribution is 2.22. The van der Waals surface area contributed by atoms with Crippen molar-refractivity contribution in [3.63, 3.8) is 0 Å². The van der Waals surface area contributed by atoms with E-state index in [1.165, 1.54) is 0 Å². The summed E-state index contributed by atoms with van der Waals surface area (Å²) in [5, 5.41) is 15.6. The highest BCUT2D eigenvalue weighted by atomic mass is 16.4. The number of carbonyl (C=O) groups is 1. The van der Waals surface area contributed by atoms with Gasteiger partial charge in [0.2, 0.25) is 0 Å². The molecule has 0 radical (unpaired) electrons. The average Bonchev–Trinajstić information content (AvgIpc) is 2.93. The van der Waals surface area contributed by atoms with Gasteiger partial charge in [0.15, 0.2) is 0 Å². The van der Waals surface area contributed by atoms with Gasteiger partial charge >= 0.3 is 6.03 Å². The van der Waals surface area contributed by atoms with E-state index in [1.54, 1.807) is 50.2 Å². The maximum absolute atomic E-state index is 11.9. The molecule has 0 aliphatic rings. The number of carbonyl (C=O) groups excluding carboxylic acids is 1. The van der Waals surface area contributed by atoms with Crippen LogP contribution in [0.25, 0.3) is 0 Å². The standard InChI is InChI=1S/C17H18N2O3/c1-4-13-6-5-7-14(10-13)19-16(20)18-11-17(3,21)15-9-8-12(2)22-15/h1,5-10,21H,11H2,2-3H3,(H2,18,19,20). The van der Waals surface area contributed by atoms with E-state index in [2.05, 4.69) is 16.6 Å². The second-order valence-corrected chi connectivity index (χ2v) is 5.22. The Morgan fingerprint density at radius 1 is 1.41 bits per heavy atom. The highest BCUT2D eigenvalue weighted by molar-refractivity contribution is 5.89. The topological polar surface area (TPSA) is 74.5 Å². The number of rotatable bonds is 4. The van der Waals surface area contributed by atoms with Crippen molar-refractivity contribution in [3.05, 3.63) is 53.5 Å². The van der Waals surface area contributed by atoms with Gasteiger partial charge in [-0.2, -0.15) is 0 Å². The molecule has 22 heavy (non-hydrogen) atoms. The van der Waals surface area contributed by atoms with Crippen LogP contribution in [0.1, 0.15) is 24.0 Å². The van der Waals surface area contributed by atoms with Gasteiger partial charge in [-0.15, -0.1) is 6.42 Å². The summed E-state index contributed by atoms with van der Waals surface area (Å²) in [4.78, 5) is 11.9. The first-order valence-corrected chi connectivity index (χ1v) is 6.81. The zero-order valence-corrected chi connectivity index (χ0v) is 12.5. The lowest BCUT2D eigenvalue weighted by Crippen LogP contribution is -2.40. The number of amides is 2. The molecule has 5 nitrogen and oxygen atoms in total. The molecule has 2 amide bonds. The highest BCUT2D eigenvalue weighted by Gasteiger charge is 2.27. The zero-order chi connectivity index (χ0) is 16.2. The van der Waals surface area contributed by atoms with Gasteiger partial charge in [-0.05, 0) is 44.2 Å². The van der Waals surface area contributed by atoms with Crippen LogP contribution < -0.4 is 10.6 Å². The minimum absolute atomic E-state index is 0.0145. The van der Waals surface area contributed by atoms with Gasteiger partial charge < -0.3 is 20.2 Å². The molecule has 0 bridgehead atoms. The molecule has 1 heterocycles. The Morgan fingerprint density at radius 2 is 2.18 bits per heavy atom. The summed E-state index contributed by atoms with van der Waals surface area (Å²) in [6.07, 6.45) is 5.31. The van der Waals surface area contributed by atoms with Crippen molar-refractivity contribution < 1.29 is 14.3 Å². The minimum Gasteiger partial charge on any atom is -0.463 e. The van der Waals surface area contributed by atoms with Gasteiger partial charge in [0, 0.05) is 11.3 Å². The van der Waals surface area contributed by atoms with Crippen LogP contribution in [0.2, 0.25) is 0 Å². The normalized spacial score (nSPS) is 13.0. The zero-order valence-electron chi connectivity index (χ0n) is 12.5. The predicted molar refractivity (Wildman–Crippen MR) is 84.4 cm³/mol. The van der Waals surface area contributed by atoms with Crippen LogP contribution in [-0.2, 0) is 5.60 Å². The lowest BCUT2D eigenvalue weighted by molar-refractivity contribution is 0.0364. The third kappa shape index (κ3) is 3.90. The smallest absolute Gasteiger partial charge is 0.319 e. The molecule has 0 aliphatic carbocycles. The minimum atomic E-state index is -1.29. The van der Waals surface area contributed by atoms with Gasteiger partial charge in [-0.3, -0.25) is 0 Å². The Kier molecular flexibility index (Phi) is 4.54. The Hall–Kier alpha value is -2.71. The molecular formula is C17H18N2O3. The van der Waals surface area contributed by atoms with Gasteiger partial charge in [-0.25, -0.2) is 4.79 Å². The first-order valence-electron chi connectivity index (χ1n) is 6.81. The van der Waals surface area contributed by atoms with Gasteiger partial charge in [0.25, 0.3) is 0 Å². The molecule has 0 fully saturated rings. The number of anilines is 1. The summed E-state index contributed by atoms with van der Waals surface area (Å²) in [5.41, 5.74) is -0.0241. The van der Waals surface area contributed by atoms with E-state index in [0.29, 0.717) is 22.8 Å². The number of aryl methyl sites for hydroxylation is 1. The molecule has 2 rings (SSSR count). The number of terminal acetylenes is 1. The SMILES string of the molecule is C#Cc1cccc(NC(=O)NCC(C)(O)c2ccc(C)o2)c1. The van der Waals surface area contributed by atoms with Crippen molar-refractivity contribution in [2.75, 3.05) is 11.9 Å². The van der Waals surface area contributed by atoms with Crippen molar-refractivity contribution in [2.24, 2.45) is 0 Å². The molecule has 0 saturated carbocycles. The molecule has 114 valence electrons.